The Morgan fingerprint density at radius 3 is 2.54 bits per heavy atom. The first-order valence-corrected chi connectivity index (χ1v) is 8.28. The zero-order chi connectivity index (χ0) is 17.9. The first kappa shape index (κ1) is 16.1. The van der Waals surface area contributed by atoms with Crippen LogP contribution in [-0.4, -0.2) is 21.2 Å². The second-order valence-corrected chi connectivity index (χ2v) is 6.06. The van der Waals surface area contributed by atoms with Gasteiger partial charge in [0.1, 0.15) is 11.8 Å². The Morgan fingerprint density at radius 2 is 1.73 bits per heavy atom. The van der Waals surface area contributed by atoms with Crippen LogP contribution in [0.5, 0.6) is 0 Å². The number of H-pyrrole nitrogens is 1. The van der Waals surface area contributed by atoms with Crippen LogP contribution in [0.25, 0.3) is 10.8 Å². The average Bonchev–Trinajstić information content (AvgIpc) is 3.22. The van der Waals surface area contributed by atoms with E-state index in [1.54, 1.807) is 18.2 Å². The van der Waals surface area contributed by atoms with Gasteiger partial charge in [-0.05, 0) is 46.2 Å². The number of nitrogens with zero attached hydrogens (tertiary/aromatic N) is 1. The topological polar surface area (TPSA) is 78.0 Å². The second kappa shape index (κ2) is 6.82. The van der Waals surface area contributed by atoms with E-state index in [4.69, 9.17) is 0 Å². The quantitative estimate of drug-likeness (QED) is 0.526. The highest BCUT2D eigenvalue weighted by molar-refractivity contribution is 6.02. The summed E-state index contributed by atoms with van der Waals surface area (Å²) < 4.78 is 0. The minimum absolute atomic E-state index is 0.278. The second-order valence-electron chi connectivity index (χ2n) is 6.06. The maximum atomic E-state index is 12.1. The summed E-state index contributed by atoms with van der Waals surface area (Å²) in [6.45, 7) is 0. The molecule has 0 radical (unpaired) electrons. The molecule has 1 heterocycles. The van der Waals surface area contributed by atoms with E-state index in [2.05, 4.69) is 15.5 Å². The predicted octanol–water partition coefficient (Wildman–Crippen LogP) is 3.90. The molecule has 4 aromatic rings. The van der Waals surface area contributed by atoms with Gasteiger partial charge in [-0.25, -0.2) is 0 Å². The van der Waals surface area contributed by atoms with E-state index in [0.29, 0.717) is 16.9 Å². The van der Waals surface area contributed by atoms with Crippen LogP contribution in [-0.2, 0) is 0 Å². The van der Waals surface area contributed by atoms with Gasteiger partial charge >= 0.3 is 0 Å². The standard InChI is InChI=1S/C21H17N3O2/c25-20(17-9-8-14-4-1-2-5-15(14)12-17)16-6-3-7-18(13-16)23-21(26)19-10-11-22-24-19/h1-13,20,25H,(H,22,24)(H,23,26). The first-order chi connectivity index (χ1) is 12.7. The molecule has 0 bridgehead atoms. The van der Waals surface area contributed by atoms with Crippen molar-refractivity contribution in [3.05, 3.63) is 95.8 Å². The summed E-state index contributed by atoms with van der Waals surface area (Å²) in [4.78, 5) is 12.1. The summed E-state index contributed by atoms with van der Waals surface area (Å²) in [5.41, 5.74) is 2.51. The summed E-state index contributed by atoms with van der Waals surface area (Å²) in [7, 11) is 0. The van der Waals surface area contributed by atoms with Crippen LogP contribution in [0, 0.1) is 0 Å². The molecule has 0 aliphatic carbocycles. The van der Waals surface area contributed by atoms with Gasteiger partial charge in [0, 0.05) is 11.9 Å². The smallest absolute Gasteiger partial charge is 0.273 e. The number of hydrogen-bond acceptors (Lipinski definition) is 3. The minimum atomic E-state index is -0.774. The largest absolute Gasteiger partial charge is 0.384 e. The van der Waals surface area contributed by atoms with E-state index >= 15 is 0 Å². The van der Waals surface area contributed by atoms with Gasteiger partial charge in [0.05, 0.1) is 0 Å². The number of aliphatic hydroxyl groups is 1. The molecule has 0 aliphatic rings. The van der Waals surface area contributed by atoms with Gasteiger partial charge in [-0.2, -0.15) is 5.10 Å². The van der Waals surface area contributed by atoms with E-state index in [9.17, 15) is 9.90 Å². The van der Waals surface area contributed by atoms with Gasteiger partial charge in [-0.3, -0.25) is 9.89 Å². The molecule has 26 heavy (non-hydrogen) atoms. The Morgan fingerprint density at radius 1 is 0.923 bits per heavy atom. The van der Waals surface area contributed by atoms with Crippen LogP contribution in [0.4, 0.5) is 5.69 Å². The predicted molar refractivity (Wildman–Crippen MR) is 101 cm³/mol. The fourth-order valence-corrected chi connectivity index (χ4v) is 2.94. The summed E-state index contributed by atoms with van der Waals surface area (Å²) in [5, 5.41) is 22.2. The molecule has 0 fully saturated rings. The van der Waals surface area contributed by atoms with Crippen molar-refractivity contribution in [2.24, 2.45) is 0 Å². The van der Waals surface area contributed by atoms with Gasteiger partial charge < -0.3 is 10.4 Å². The number of rotatable bonds is 4. The van der Waals surface area contributed by atoms with Crippen molar-refractivity contribution in [1.29, 1.82) is 0 Å². The van der Waals surface area contributed by atoms with Crippen molar-refractivity contribution in [1.82, 2.24) is 10.2 Å². The van der Waals surface area contributed by atoms with Gasteiger partial charge in [0.15, 0.2) is 0 Å². The Labute approximate surface area is 150 Å². The number of hydrogen-bond donors (Lipinski definition) is 3. The molecule has 1 unspecified atom stereocenters. The molecular weight excluding hydrogens is 326 g/mol. The summed E-state index contributed by atoms with van der Waals surface area (Å²) in [6.07, 6.45) is 0.748. The molecule has 5 nitrogen and oxygen atoms in total. The number of anilines is 1. The van der Waals surface area contributed by atoms with Crippen molar-refractivity contribution in [2.45, 2.75) is 6.10 Å². The SMILES string of the molecule is O=C(Nc1cccc(C(O)c2ccc3ccccc3c2)c1)c1ccn[nH]1. The molecule has 1 aromatic heterocycles. The van der Waals surface area contributed by atoms with Crippen LogP contribution in [0.1, 0.15) is 27.7 Å². The van der Waals surface area contributed by atoms with Crippen molar-refractivity contribution in [3.8, 4) is 0 Å². The highest BCUT2D eigenvalue weighted by Gasteiger charge is 2.13. The number of aliphatic hydroxyl groups excluding tert-OH is 1. The fourth-order valence-electron chi connectivity index (χ4n) is 2.94. The number of benzene rings is 3. The Bertz CT molecular complexity index is 1060. The number of nitrogens with one attached hydrogen (secondary N) is 2. The molecule has 0 aliphatic heterocycles. The lowest BCUT2D eigenvalue weighted by Gasteiger charge is -2.14. The van der Waals surface area contributed by atoms with Gasteiger partial charge in [-0.1, -0.05) is 48.5 Å². The molecule has 3 N–H and O–H groups in total. The normalized spacial score (nSPS) is 12.0. The van der Waals surface area contributed by atoms with Gasteiger partial charge in [0.2, 0.25) is 0 Å². The third-order valence-corrected chi connectivity index (χ3v) is 4.29. The summed E-state index contributed by atoms with van der Waals surface area (Å²) in [6, 6.07) is 22.7. The molecule has 0 saturated carbocycles. The Hall–Kier alpha value is -3.44. The highest BCUT2D eigenvalue weighted by atomic mass is 16.3. The zero-order valence-corrected chi connectivity index (χ0v) is 13.9. The van der Waals surface area contributed by atoms with Crippen LogP contribution in [0.2, 0.25) is 0 Å². The fraction of sp³-hybridized carbons (Fsp3) is 0.0476. The lowest BCUT2D eigenvalue weighted by atomic mass is 9.98. The molecule has 0 saturated heterocycles. The highest BCUT2D eigenvalue weighted by Crippen LogP contribution is 2.27. The van der Waals surface area contributed by atoms with E-state index in [0.717, 1.165) is 16.3 Å². The number of carbonyl (C=O) groups excluding carboxylic acids is 1. The van der Waals surface area contributed by atoms with Gasteiger partial charge in [0.25, 0.3) is 5.91 Å². The number of aromatic nitrogens is 2. The molecule has 4 rings (SSSR count). The maximum Gasteiger partial charge on any atom is 0.273 e. The number of aromatic amines is 1. The lowest BCUT2D eigenvalue weighted by Crippen LogP contribution is -2.12. The molecule has 5 heteroatoms. The molecule has 128 valence electrons. The number of carbonyl (C=O) groups is 1. The van der Waals surface area contributed by atoms with E-state index in [1.807, 2.05) is 54.6 Å². The van der Waals surface area contributed by atoms with Crippen molar-refractivity contribution >= 4 is 22.4 Å². The monoisotopic (exact) mass is 343 g/mol. The third kappa shape index (κ3) is 3.20. The maximum absolute atomic E-state index is 12.1. The molecule has 1 atom stereocenters. The Balaban J connectivity index is 1.59. The van der Waals surface area contributed by atoms with Gasteiger partial charge in [-0.15, -0.1) is 0 Å². The van der Waals surface area contributed by atoms with Crippen LogP contribution < -0.4 is 5.32 Å². The van der Waals surface area contributed by atoms with Crippen molar-refractivity contribution in [2.75, 3.05) is 5.32 Å². The summed E-state index contributed by atoms with van der Waals surface area (Å²) >= 11 is 0. The molecule has 0 spiro atoms. The van der Waals surface area contributed by atoms with E-state index in [-0.39, 0.29) is 5.91 Å². The molecule has 3 aromatic carbocycles. The van der Waals surface area contributed by atoms with Crippen LogP contribution >= 0.6 is 0 Å². The number of fused-ring (bicyclic) bond motifs is 1. The summed E-state index contributed by atoms with van der Waals surface area (Å²) in [5.74, 6) is -0.278. The Kier molecular flexibility index (Phi) is 4.21. The van der Waals surface area contributed by atoms with Crippen molar-refractivity contribution < 1.29 is 9.90 Å². The van der Waals surface area contributed by atoms with Crippen LogP contribution in [0.3, 0.4) is 0 Å². The number of amides is 1. The average molecular weight is 343 g/mol. The van der Waals surface area contributed by atoms with Crippen molar-refractivity contribution in [3.63, 3.8) is 0 Å². The first-order valence-electron chi connectivity index (χ1n) is 8.28. The minimum Gasteiger partial charge on any atom is -0.384 e. The van der Waals surface area contributed by atoms with Crippen LogP contribution in [0.15, 0.2) is 79.0 Å². The molecular formula is C21H17N3O2. The van der Waals surface area contributed by atoms with E-state index in [1.165, 1.54) is 6.20 Å². The molecule has 1 amide bonds. The third-order valence-electron chi connectivity index (χ3n) is 4.29. The lowest BCUT2D eigenvalue weighted by molar-refractivity contribution is 0.102. The van der Waals surface area contributed by atoms with E-state index < -0.39 is 6.10 Å². The zero-order valence-electron chi connectivity index (χ0n) is 13.9.